The number of nitrogens with one attached hydrogen (secondary N) is 2. The molecule has 2 fully saturated rings. The fraction of sp³-hybridized carbons (Fsp3) is 0.900. The number of carboxylic acid groups (broad SMARTS) is 1. The van der Waals surface area contributed by atoms with Gasteiger partial charge in [-0.25, -0.2) is 15.2 Å². The predicted octanol–water partition coefficient (Wildman–Crippen LogP) is 1.18. The van der Waals surface area contributed by atoms with Crippen molar-refractivity contribution in [2.75, 3.05) is 6.54 Å². The first-order valence-electron chi connectivity index (χ1n) is 5.69. The maximum absolute atomic E-state index is 10.4. The smallest absolute Gasteiger partial charge is 0.420 e. The third kappa shape index (κ3) is 2.23. The number of fused-ring (bicyclic) bond motifs is 1. The maximum atomic E-state index is 10.4. The quantitative estimate of drug-likeness (QED) is 0.603. The van der Waals surface area contributed by atoms with Gasteiger partial charge in [-0.3, -0.25) is 0 Å². The second kappa shape index (κ2) is 4.37. The first kappa shape index (κ1) is 10.7. The molecule has 1 amide bonds. The molecular formula is C10H19N3O2. The predicted molar refractivity (Wildman–Crippen MR) is 55.9 cm³/mol. The minimum atomic E-state index is -1.03. The van der Waals surface area contributed by atoms with Crippen molar-refractivity contribution in [3.05, 3.63) is 0 Å². The van der Waals surface area contributed by atoms with Gasteiger partial charge in [0.25, 0.3) is 0 Å². The summed E-state index contributed by atoms with van der Waals surface area (Å²) in [5.74, 6) is 1.48. The fourth-order valence-electron chi connectivity index (χ4n) is 3.02. The van der Waals surface area contributed by atoms with Crippen LogP contribution < -0.4 is 11.0 Å². The monoisotopic (exact) mass is 213 g/mol. The molecule has 3 unspecified atom stereocenters. The van der Waals surface area contributed by atoms with Crippen LogP contribution in [0.25, 0.3) is 0 Å². The Morgan fingerprint density at radius 3 is 2.80 bits per heavy atom. The summed E-state index contributed by atoms with van der Waals surface area (Å²) in [4.78, 5) is 10.4. The molecule has 86 valence electrons. The molecule has 0 aromatic heterocycles. The Bertz CT molecular complexity index is 247. The second-order valence-electron chi connectivity index (χ2n) is 4.64. The molecule has 2 rings (SSSR count). The number of carbonyl (C=O) groups is 1. The standard InChI is InChI=1S/C10H19N3O2/c1-7-9-5-3-2-4-8(9)6-13(7)12-11-10(14)15/h7-9,11-12H,2-6H2,1H3,(H,14,15). The third-order valence-corrected chi connectivity index (χ3v) is 3.82. The van der Waals surface area contributed by atoms with Crippen LogP contribution in [0.1, 0.15) is 32.6 Å². The van der Waals surface area contributed by atoms with Crippen LogP contribution >= 0.6 is 0 Å². The average Bonchev–Trinajstić information content (AvgIpc) is 2.54. The summed E-state index contributed by atoms with van der Waals surface area (Å²) < 4.78 is 0. The number of rotatable bonds is 2. The van der Waals surface area contributed by atoms with Gasteiger partial charge in [0.15, 0.2) is 0 Å². The molecule has 1 aliphatic heterocycles. The van der Waals surface area contributed by atoms with Gasteiger partial charge in [0.05, 0.1) is 0 Å². The zero-order valence-corrected chi connectivity index (χ0v) is 9.07. The summed E-state index contributed by atoms with van der Waals surface area (Å²) in [7, 11) is 0. The molecule has 0 radical (unpaired) electrons. The molecular weight excluding hydrogens is 194 g/mol. The van der Waals surface area contributed by atoms with Crippen molar-refractivity contribution >= 4 is 6.09 Å². The third-order valence-electron chi connectivity index (χ3n) is 3.82. The van der Waals surface area contributed by atoms with Gasteiger partial charge >= 0.3 is 6.09 Å². The molecule has 1 heterocycles. The van der Waals surface area contributed by atoms with Crippen molar-refractivity contribution in [3.8, 4) is 0 Å². The Hall–Kier alpha value is -0.810. The van der Waals surface area contributed by atoms with Crippen LogP contribution in [-0.2, 0) is 0 Å². The lowest BCUT2D eigenvalue weighted by Crippen LogP contribution is -2.51. The zero-order valence-electron chi connectivity index (χ0n) is 9.07. The molecule has 0 aromatic carbocycles. The van der Waals surface area contributed by atoms with Crippen LogP contribution in [0.5, 0.6) is 0 Å². The normalized spacial score (nSPS) is 36.2. The number of nitrogens with zero attached hydrogens (tertiary/aromatic N) is 1. The van der Waals surface area contributed by atoms with Gasteiger partial charge < -0.3 is 5.11 Å². The molecule has 15 heavy (non-hydrogen) atoms. The summed E-state index contributed by atoms with van der Waals surface area (Å²) in [5, 5.41) is 10.5. The lowest BCUT2D eigenvalue weighted by atomic mass is 9.79. The Kier molecular flexibility index (Phi) is 3.11. The Morgan fingerprint density at radius 2 is 2.13 bits per heavy atom. The molecule has 1 saturated heterocycles. The zero-order chi connectivity index (χ0) is 10.8. The van der Waals surface area contributed by atoms with Crippen LogP contribution in [0.15, 0.2) is 0 Å². The Labute approximate surface area is 89.8 Å². The maximum Gasteiger partial charge on any atom is 0.420 e. The minimum Gasteiger partial charge on any atom is -0.464 e. The molecule has 0 aromatic rings. The van der Waals surface area contributed by atoms with E-state index in [1.807, 2.05) is 5.01 Å². The van der Waals surface area contributed by atoms with E-state index in [1.54, 1.807) is 0 Å². The highest BCUT2D eigenvalue weighted by Gasteiger charge is 2.40. The molecule has 3 atom stereocenters. The van der Waals surface area contributed by atoms with Crippen LogP contribution in [0, 0.1) is 11.8 Å². The van der Waals surface area contributed by atoms with E-state index in [0.29, 0.717) is 6.04 Å². The number of hydrogen-bond donors (Lipinski definition) is 3. The van der Waals surface area contributed by atoms with E-state index in [1.165, 1.54) is 25.7 Å². The lowest BCUT2D eigenvalue weighted by Gasteiger charge is -2.27. The second-order valence-corrected chi connectivity index (χ2v) is 4.64. The van der Waals surface area contributed by atoms with Gasteiger partial charge in [-0.2, -0.15) is 5.53 Å². The molecule has 1 saturated carbocycles. The van der Waals surface area contributed by atoms with Gasteiger partial charge in [-0.05, 0) is 31.6 Å². The van der Waals surface area contributed by atoms with Crippen molar-refractivity contribution in [3.63, 3.8) is 0 Å². The molecule has 0 spiro atoms. The van der Waals surface area contributed by atoms with Gasteiger partial charge in [0.2, 0.25) is 0 Å². The summed E-state index contributed by atoms with van der Waals surface area (Å²) in [6, 6.07) is 0.433. The van der Waals surface area contributed by atoms with E-state index in [2.05, 4.69) is 17.9 Å². The van der Waals surface area contributed by atoms with Crippen molar-refractivity contribution in [2.24, 2.45) is 11.8 Å². The summed E-state index contributed by atoms with van der Waals surface area (Å²) in [5.41, 5.74) is 4.99. The highest BCUT2D eigenvalue weighted by molar-refractivity contribution is 5.63. The van der Waals surface area contributed by atoms with Crippen LogP contribution in [0.4, 0.5) is 4.79 Å². The molecule has 2 aliphatic rings. The number of hydrazine groups is 2. The first-order valence-corrected chi connectivity index (χ1v) is 5.69. The van der Waals surface area contributed by atoms with Gasteiger partial charge in [0.1, 0.15) is 0 Å². The van der Waals surface area contributed by atoms with E-state index in [-0.39, 0.29) is 0 Å². The van der Waals surface area contributed by atoms with Crippen molar-refractivity contribution in [1.29, 1.82) is 0 Å². The Balaban J connectivity index is 1.89. The fourth-order valence-corrected chi connectivity index (χ4v) is 3.02. The molecule has 5 heteroatoms. The van der Waals surface area contributed by atoms with Gasteiger partial charge in [-0.15, -0.1) is 0 Å². The Morgan fingerprint density at radius 1 is 1.40 bits per heavy atom. The highest BCUT2D eigenvalue weighted by atomic mass is 16.4. The summed E-state index contributed by atoms with van der Waals surface area (Å²) in [6.45, 7) is 3.14. The average molecular weight is 213 g/mol. The SMILES string of the molecule is CC1C2CCCCC2CN1NNC(=O)O. The minimum absolute atomic E-state index is 0.433. The number of hydrogen-bond acceptors (Lipinski definition) is 3. The largest absolute Gasteiger partial charge is 0.464 e. The van der Waals surface area contributed by atoms with E-state index in [9.17, 15) is 4.79 Å². The van der Waals surface area contributed by atoms with E-state index in [4.69, 9.17) is 5.11 Å². The molecule has 3 N–H and O–H groups in total. The van der Waals surface area contributed by atoms with Gasteiger partial charge in [-0.1, -0.05) is 12.8 Å². The van der Waals surface area contributed by atoms with Crippen molar-refractivity contribution in [2.45, 2.75) is 38.6 Å². The van der Waals surface area contributed by atoms with E-state index < -0.39 is 6.09 Å². The van der Waals surface area contributed by atoms with Crippen molar-refractivity contribution < 1.29 is 9.90 Å². The summed E-state index contributed by atoms with van der Waals surface area (Å²) in [6.07, 6.45) is 4.20. The van der Waals surface area contributed by atoms with Crippen LogP contribution in [0.3, 0.4) is 0 Å². The highest BCUT2D eigenvalue weighted by Crippen LogP contribution is 2.39. The summed E-state index contributed by atoms with van der Waals surface area (Å²) >= 11 is 0. The first-order chi connectivity index (χ1) is 7.18. The van der Waals surface area contributed by atoms with E-state index >= 15 is 0 Å². The molecule has 1 aliphatic carbocycles. The van der Waals surface area contributed by atoms with Crippen LogP contribution in [0.2, 0.25) is 0 Å². The van der Waals surface area contributed by atoms with Crippen molar-refractivity contribution in [1.82, 2.24) is 16.0 Å². The van der Waals surface area contributed by atoms with Gasteiger partial charge in [0, 0.05) is 12.6 Å². The molecule has 5 nitrogen and oxygen atoms in total. The van der Waals surface area contributed by atoms with Crippen LogP contribution in [-0.4, -0.2) is 28.8 Å². The topological polar surface area (TPSA) is 64.6 Å². The molecule has 0 bridgehead atoms. The number of amides is 1. The lowest BCUT2D eigenvalue weighted by molar-refractivity contribution is 0.117. The van der Waals surface area contributed by atoms with E-state index in [0.717, 1.165) is 18.4 Å².